The molecular weight excluding hydrogens is 514 g/mol. The predicted molar refractivity (Wildman–Crippen MR) is 140 cm³/mol. The van der Waals surface area contributed by atoms with Gasteiger partial charge in [-0.25, -0.2) is 32.5 Å². The molecule has 0 radical (unpaired) electrons. The number of nitrogens with zero attached hydrogens (tertiary/aromatic N) is 4. The maximum atomic E-state index is 15.3. The largest absolute Gasteiger partial charge is 0.373 e. The van der Waals surface area contributed by atoms with Crippen molar-refractivity contribution in [3.05, 3.63) is 58.8 Å². The molecule has 210 valence electrons. The summed E-state index contributed by atoms with van der Waals surface area (Å²) in [6.07, 6.45) is 2.21. The second-order valence-corrected chi connectivity index (χ2v) is 10.3. The van der Waals surface area contributed by atoms with Crippen molar-refractivity contribution < 1.29 is 27.1 Å². The molecule has 0 unspecified atom stereocenters. The van der Waals surface area contributed by atoms with E-state index < -0.39 is 47.4 Å². The first-order chi connectivity index (χ1) is 18.4. The average molecular weight is 548 g/mol. The average Bonchev–Trinajstić information content (AvgIpc) is 2.92. The highest BCUT2D eigenvalue weighted by Gasteiger charge is 2.40. The Morgan fingerprint density at radius 2 is 1.90 bits per heavy atom. The van der Waals surface area contributed by atoms with Gasteiger partial charge in [-0.05, 0) is 32.8 Å². The number of ether oxygens (including phenoxy) is 1. The molecule has 1 saturated heterocycles. The second-order valence-electron chi connectivity index (χ2n) is 10.3. The summed E-state index contributed by atoms with van der Waals surface area (Å²) >= 11 is 0. The highest BCUT2D eigenvalue weighted by molar-refractivity contribution is 5.87. The van der Waals surface area contributed by atoms with Gasteiger partial charge < -0.3 is 15.0 Å². The molecule has 0 saturated carbocycles. The number of aromatic nitrogens is 3. The van der Waals surface area contributed by atoms with Crippen molar-refractivity contribution in [1.29, 1.82) is 0 Å². The number of carbonyl (C=O) groups is 1. The van der Waals surface area contributed by atoms with Gasteiger partial charge in [-0.15, -0.1) is 0 Å². The summed E-state index contributed by atoms with van der Waals surface area (Å²) in [5.41, 5.74) is 0.536. The summed E-state index contributed by atoms with van der Waals surface area (Å²) < 4.78 is 63.6. The molecule has 0 bridgehead atoms. The van der Waals surface area contributed by atoms with E-state index in [0.29, 0.717) is 48.5 Å². The highest BCUT2D eigenvalue weighted by atomic mass is 19.3. The first-order valence-electron chi connectivity index (χ1n) is 12.9. The van der Waals surface area contributed by atoms with E-state index in [2.05, 4.69) is 20.3 Å². The zero-order valence-electron chi connectivity index (χ0n) is 22.7. The van der Waals surface area contributed by atoms with Crippen LogP contribution >= 0.6 is 0 Å². The van der Waals surface area contributed by atoms with Gasteiger partial charge in [0.05, 0.1) is 22.6 Å². The van der Waals surface area contributed by atoms with E-state index in [0.717, 1.165) is 11.6 Å². The van der Waals surface area contributed by atoms with Crippen LogP contribution in [0.4, 0.5) is 23.4 Å². The number of pyridine rings is 1. The fraction of sp³-hybridized carbons (Fsp3) is 0.500. The number of piperidine rings is 1. The number of alkyl halides is 3. The predicted octanol–water partition coefficient (Wildman–Crippen LogP) is 5.83. The third kappa shape index (κ3) is 5.28. The molecule has 1 amide bonds. The third-order valence-electron chi connectivity index (χ3n) is 7.67. The number of hydrogen-bond acceptors (Lipinski definition) is 6. The smallest absolute Gasteiger partial charge is 0.278 e. The van der Waals surface area contributed by atoms with Crippen molar-refractivity contribution in [1.82, 2.24) is 19.9 Å². The molecule has 1 fully saturated rings. The van der Waals surface area contributed by atoms with Crippen LogP contribution in [0.15, 0.2) is 30.6 Å². The molecule has 0 spiro atoms. The van der Waals surface area contributed by atoms with Crippen LogP contribution in [0.1, 0.15) is 62.0 Å². The summed E-state index contributed by atoms with van der Waals surface area (Å²) in [7, 11) is 1.59. The number of amides is 1. The molecule has 7 nitrogen and oxygen atoms in total. The number of benzene rings is 1. The fourth-order valence-electron chi connectivity index (χ4n) is 5.17. The van der Waals surface area contributed by atoms with Crippen molar-refractivity contribution in [2.45, 2.75) is 58.1 Å². The first-order valence-corrected chi connectivity index (χ1v) is 12.9. The molecule has 39 heavy (non-hydrogen) atoms. The number of aryl methyl sites for hydroxylation is 1. The molecule has 1 aliphatic rings. The Kier molecular flexibility index (Phi) is 8.11. The molecule has 0 aliphatic carbocycles. The molecule has 1 aliphatic heterocycles. The lowest BCUT2D eigenvalue weighted by atomic mass is 9.83. The van der Waals surface area contributed by atoms with Crippen molar-refractivity contribution >= 4 is 22.8 Å². The first kappa shape index (κ1) is 28.7. The maximum Gasteiger partial charge on any atom is 0.278 e. The van der Waals surface area contributed by atoms with Crippen molar-refractivity contribution in [3.8, 4) is 0 Å². The minimum Gasteiger partial charge on any atom is -0.373 e. The van der Waals surface area contributed by atoms with Gasteiger partial charge in [-0.3, -0.25) is 4.79 Å². The Bertz CT molecular complexity index is 1360. The second kappa shape index (κ2) is 11.0. The van der Waals surface area contributed by atoms with E-state index in [9.17, 15) is 18.0 Å². The number of likely N-dealkylation sites (tertiary alicyclic amines) is 1. The van der Waals surface area contributed by atoms with Gasteiger partial charge in [0, 0.05) is 42.9 Å². The standard InChI is InChI=1S/C28H33F4N5O2/c1-16(2)28(31,32)21-8-6-7-19(24(21)30)17(3)35-25-20-13-22(18(4)36-26(20)34-15-33-25)27(39-5)9-11-37(12-10-27)23(38)14-29/h6-8,13,15-17H,9-12,14H2,1-5H3,(H,33,34,35,36)/t17-/m1/s1. The summed E-state index contributed by atoms with van der Waals surface area (Å²) in [5, 5.41) is 3.70. The van der Waals surface area contributed by atoms with E-state index in [1.807, 2.05) is 13.0 Å². The lowest BCUT2D eigenvalue weighted by Crippen LogP contribution is -2.47. The molecule has 4 rings (SSSR count). The summed E-state index contributed by atoms with van der Waals surface area (Å²) in [5.74, 6) is -5.55. The number of carbonyl (C=O) groups excluding carboxylic acids is 1. The zero-order valence-corrected chi connectivity index (χ0v) is 22.7. The molecule has 2 aromatic heterocycles. The lowest BCUT2D eigenvalue weighted by Gasteiger charge is -2.41. The SMILES string of the molecule is COC1(c2cc3c(N[C@H](C)c4cccc(C(F)(F)C(C)C)c4F)ncnc3nc2C)CCN(C(=O)CF)CC1. The Morgan fingerprint density at radius 3 is 2.51 bits per heavy atom. The summed E-state index contributed by atoms with van der Waals surface area (Å²) in [6.45, 7) is 5.82. The number of rotatable bonds is 8. The maximum absolute atomic E-state index is 15.3. The molecule has 11 heteroatoms. The lowest BCUT2D eigenvalue weighted by molar-refractivity contribution is -0.138. The molecule has 1 atom stereocenters. The molecule has 1 aromatic carbocycles. The van der Waals surface area contributed by atoms with Crippen LogP contribution in [0.5, 0.6) is 0 Å². The van der Waals surface area contributed by atoms with E-state index >= 15 is 4.39 Å². The quantitative estimate of drug-likeness (QED) is 0.358. The number of methoxy groups -OCH3 is 1. The van der Waals surface area contributed by atoms with Gasteiger partial charge in [0.2, 0.25) is 0 Å². The minimum atomic E-state index is -3.32. The van der Waals surface area contributed by atoms with Crippen LogP contribution in [-0.2, 0) is 21.1 Å². The van der Waals surface area contributed by atoms with Crippen LogP contribution in [0.3, 0.4) is 0 Å². The van der Waals surface area contributed by atoms with Gasteiger partial charge in [0.1, 0.15) is 18.0 Å². The Balaban J connectivity index is 1.70. The van der Waals surface area contributed by atoms with Crippen molar-refractivity contribution in [2.24, 2.45) is 5.92 Å². The number of anilines is 1. The Morgan fingerprint density at radius 1 is 1.21 bits per heavy atom. The highest BCUT2D eigenvalue weighted by Crippen LogP contribution is 2.41. The van der Waals surface area contributed by atoms with Gasteiger partial charge in [0.15, 0.2) is 12.3 Å². The van der Waals surface area contributed by atoms with Crippen molar-refractivity contribution in [3.63, 3.8) is 0 Å². The zero-order chi connectivity index (χ0) is 28.5. The number of nitrogens with one attached hydrogen (secondary N) is 1. The van der Waals surface area contributed by atoms with E-state index in [-0.39, 0.29) is 5.56 Å². The normalized spacial score (nSPS) is 16.5. The number of halogens is 4. The van der Waals surface area contributed by atoms with Crippen LogP contribution in [0.2, 0.25) is 0 Å². The van der Waals surface area contributed by atoms with Crippen LogP contribution in [0.25, 0.3) is 11.0 Å². The Labute approximate surface area is 225 Å². The van der Waals surface area contributed by atoms with Crippen LogP contribution in [0, 0.1) is 18.7 Å². The fourth-order valence-corrected chi connectivity index (χ4v) is 5.17. The topological polar surface area (TPSA) is 80.2 Å². The summed E-state index contributed by atoms with van der Waals surface area (Å²) in [4.78, 5) is 26.6. The number of fused-ring (bicyclic) bond motifs is 1. The number of hydrogen-bond donors (Lipinski definition) is 1. The van der Waals surface area contributed by atoms with E-state index in [1.165, 1.54) is 37.2 Å². The van der Waals surface area contributed by atoms with Crippen LogP contribution < -0.4 is 5.32 Å². The minimum absolute atomic E-state index is 0.0816. The van der Waals surface area contributed by atoms with Gasteiger partial charge in [-0.2, -0.15) is 0 Å². The summed E-state index contributed by atoms with van der Waals surface area (Å²) in [6, 6.07) is 5.16. The van der Waals surface area contributed by atoms with Gasteiger partial charge in [0.25, 0.3) is 11.8 Å². The van der Waals surface area contributed by atoms with Crippen molar-refractivity contribution in [2.75, 3.05) is 32.2 Å². The Hall–Kier alpha value is -3.34. The molecule has 1 N–H and O–H groups in total. The van der Waals surface area contributed by atoms with E-state index in [4.69, 9.17) is 4.74 Å². The van der Waals surface area contributed by atoms with Gasteiger partial charge >= 0.3 is 0 Å². The monoisotopic (exact) mass is 547 g/mol. The molecular formula is C28H33F4N5O2. The van der Waals surface area contributed by atoms with E-state index in [1.54, 1.807) is 14.0 Å². The van der Waals surface area contributed by atoms with Gasteiger partial charge in [-0.1, -0.05) is 32.0 Å². The molecule has 3 aromatic rings. The molecule has 3 heterocycles. The third-order valence-corrected chi connectivity index (χ3v) is 7.67. The van der Waals surface area contributed by atoms with Crippen LogP contribution in [-0.4, -0.2) is 52.6 Å².